The molecule has 9 heteroatoms. The number of pyridine rings is 1. The van der Waals surface area contributed by atoms with E-state index in [-0.39, 0.29) is 0 Å². The van der Waals surface area contributed by atoms with Gasteiger partial charge in [0.15, 0.2) is 10.8 Å². The molecule has 4 aromatic rings. The quantitative estimate of drug-likeness (QED) is 0.502. The fourth-order valence-corrected chi connectivity index (χ4v) is 4.63. The zero-order valence-corrected chi connectivity index (χ0v) is 16.9. The van der Waals surface area contributed by atoms with Crippen molar-refractivity contribution in [2.24, 2.45) is 0 Å². The molecule has 1 fully saturated rings. The summed E-state index contributed by atoms with van der Waals surface area (Å²) in [6, 6.07) is 1.96. The van der Waals surface area contributed by atoms with Crippen LogP contribution in [0.3, 0.4) is 0 Å². The van der Waals surface area contributed by atoms with Crippen LogP contribution in [0.4, 0.5) is 5.82 Å². The second kappa shape index (κ2) is 7.18. The lowest BCUT2D eigenvalue weighted by atomic mass is 10.3. The molecule has 7 nitrogen and oxygen atoms in total. The van der Waals surface area contributed by atoms with Crippen LogP contribution in [-0.4, -0.2) is 43.0 Å². The van der Waals surface area contributed by atoms with Gasteiger partial charge >= 0.3 is 0 Å². The third-order valence-electron chi connectivity index (χ3n) is 4.89. The maximum Gasteiger partial charge on any atom is 0.196 e. The first-order valence-electron chi connectivity index (χ1n) is 9.30. The molecule has 0 unspecified atom stereocenters. The van der Waals surface area contributed by atoms with Crippen molar-refractivity contribution in [2.45, 2.75) is 36.2 Å². The number of H-pyrrole nitrogens is 1. The Labute approximate surface area is 171 Å². The Hall–Kier alpha value is -2.45. The van der Waals surface area contributed by atoms with Crippen LogP contribution in [0.15, 0.2) is 34.7 Å². The first-order valence-corrected chi connectivity index (χ1v) is 10.5. The summed E-state index contributed by atoms with van der Waals surface area (Å²) in [4.78, 5) is 29.1. The summed E-state index contributed by atoms with van der Waals surface area (Å²) in [6.45, 7) is 4.07. The molecule has 1 aliphatic heterocycles. The summed E-state index contributed by atoms with van der Waals surface area (Å²) < 4.78 is 0. The maximum absolute atomic E-state index is 6.65. The minimum absolute atomic E-state index is 0.629. The topological polar surface area (TPSA) is 83.5 Å². The van der Waals surface area contributed by atoms with Gasteiger partial charge in [0.05, 0.1) is 10.4 Å². The molecule has 4 aromatic heterocycles. The maximum atomic E-state index is 6.65. The summed E-state index contributed by atoms with van der Waals surface area (Å²) in [5.74, 6) is 0.916. The molecule has 1 saturated heterocycles. The average molecular weight is 412 g/mol. The highest BCUT2D eigenvalue weighted by Crippen LogP contribution is 2.37. The lowest BCUT2D eigenvalue weighted by Crippen LogP contribution is -2.19. The first-order chi connectivity index (χ1) is 13.7. The number of hydrogen-bond acceptors (Lipinski definition) is 7. The van der Waals surface area contributed by atoms with Crippen molar-refractivity contribution in [2.75, 3.05) is 18.0 Å². The second-order valence-corrected chi connectivity index (χ2v) is 8.11. The SMILES string of the molecule is CCc1[nH]c2nc(Sc3cnc4nccnc4c3)nc(N3CCCC3)c2c1Cl. The predicted octanol–water partition coefficient (Wildman–Crippen LogP) is 4.26. The van der Waals surface area contributed by atoms with Crippen molar-refractivity contribution in [1.82, 2.24) is 29.9 Å². The minimum Gasteiger partial charge on any atom is -0.356 e. The Morgan fingerprint density at radius 3 is 2.79 bits per heavy atom. The highest BCUT2D eigenvalue weighted by molar-refractivity contribution is 7.99. The Balaban J connectivity index is 1.60. The van der Waals surface area contributed by atoms with Gasteiger partial charge in [-0.25, -0.2) is 19.9 Å². The van der Waals surface area contributed by atoms with Crippen molar-refractivity contribution >= 4 is 51.4 Å². The fraction of sp³-hybridized carbons (Fsp3) is 0.316. The molecule has 0 atom stereocenters. The van der Waals surface area contributed by atoms with Gasteiger partial charge in [0, 0.05) is 42.3 Å². The molecule has 1 N–H and O–H groups in total. The molecule has 28 heavy (non-hydrogen) atoms. The monoisotopic (exact) mass is 411 g/mol. The Bertz CT molecular complexity index is 1170. The van der Waals surface area contributed by atoms with Crippen LogP contribution in [0.2, 0.25) is 5.02 Å². The molecular formula is C19H18ClN7S. The Morgan fingerprint density at radius 1 is 1.14 bits per heavy atom. The van der Waals surface area contributed by atoms with E-state index < -0.39 is 0 Å². The summed E-state index contributed by atoms with van der Waals surface area (Å²) in [7, 11) is 0. The van der Waals surface area contributed by atoms with Crippen molar-refractivity contribution in [3.05, 3.63) is 35.4 Å². The van der Waals surface area contributed by atoms with E-state index >= 15 is 0 Å². The van der Waals surface area contributed by atoms with Gasteiger partial charge in [0.2, 0.25) is 0 Å². The van der Waals surface area contributed by atoms with E-state index in [1.54, 1.807) is 18.6 Å². The van der Waals surface area contributed by atoms with Gasteiger partial charge in [-0.15, -0.1) is 0 Å². The number of aromatic amines is 1. The molecule has 5 heterocycles. The van der Waals surface area contributed by atoms with Crippen LogP contribution in [0.25, 0.3) is 22.2 Å². The van der Waals surface area contributed by atoms with Crippen molar-refractivity contribution in [3.8, 4) is 0 Å². The van der Waals surface area contributed by atoms with E-state index in [9.17, 15) is 0 Å². The number of nitrogens with zero attached hydrogens (tertiary/aromatic N) is 6. The first kappa shape index (κ1) is 17.6. The third kappa shape index (κ3) is 3.06. The lowest BCUT2D eigenvalue weighted by Gasteiger charge is -2.18. The predicted molar refractivity (Wildman–Crippen MR) is 111 cm³/mol. The fourth-order valence-electron chi connectivity index (χ4n) is 3.52. The van der Waals surface area contributed by atoms with Crippen molar-refractivity contribution in [1.29, 1.82) is 0 Å². The van der Waals surface area contributed by atoms with Gasteiger partial charge in [0.25, 0.3) is 0 Å². The van der Waals surface area contributed by atoms with Gasteiger partial charge < -0.3 is 9.88 Å². The number of nitrogens with one attached hydrogen (secondary N) is 1. The number of fused-ring (bicyclic) bond motifs is 2. The smallest absolute Gasteiger partial charge is 0.196 e. The van der Waals surface area contributed by atoms with Gasteiger partial charge in [-0.2, -0.15) is 0 Å². The van der Waals surface area contributed by atoms with Crippen LogP contribution < -0.4 is 4.90 Å². The molecular weight excluding hydrogens is 394 g/mol. The van der Waals surface area contributed by atoms with E-state index in [1.807, 2.05) is 6.07 Å². The van der Waals surface area contributed by atoms with Crippen LogP contribution in [0, 0.1) is 0 Å². The normalized spacial score (nSPS) is 14.4. The molecule has 0 saturated carbocycles. The molecule has 1 aliphatic rings. The molecule has 5 rings (SSSR count). The van der Waals surface area contributed by atoms with Gasteiger partial charge in [-0.1, -0.05) is 18.5 Å². The van der Waals surface area contributed by atoms with Gasteiger partial charge in [-0.3, -0.25) is 4.98 Å². The van der Waals surface area contributed by atoms with Crippen LogP contribution in [-0.2, 0) is 6.42 Å². The molecule has 0 aliphatic carbocycles. The number of halogens is 1. The van der Waals surface area contributed by atoms with E-state index in [0.717, 1.165) is 57.5 Å². The van der Waals surface area contributed by atoms with Gasteiger partial charge in [-0.05, 0) is 37.1 Å². The molecule has 0 amide bonds. The second-order valence-electron chi connectivity index (χ2n) is 6.69. The van der Waals surface area contributed by atoms with E-state index in [1.165, 1.54) is 24.6 Å². The highest BCUT2D eigenvalue weighted by atomic mass is 35.5. The highest BCUT2D eigenvalue weighted by Gasteiger charge is 2.23. The van der Waals surface area contributed by atoms with E-state index in [0.29, 0.717) is 10.8 Å². The summed E-state index contributed by atoms with van der Waals surface area (Å²) in [5, 5.41) is 2.32. The molecule has 0 radical (unpaired) electrons. The van der Waals surface area contributed by atoms with Crippen molar-refractivity contribution in [3.63, 3.8) is 0 Å². The van der Waals surface area contributed by atoms with Crippen molar-refractivity contribution < 1.29 is 0 Å². The zero-order valence-electron chi connectivity index (χ0n) is 15.3. The molecule has 0 bridgehead atoms. The zero-order chi connectivity index (χ0) is 19.1. The van der Waals surface area contributed by atoms with Crippen LogP contribution in [0.1, 0.15) is 25.5 Å². The number of aromatic nitrogens is 6. The third-order valence-corrected chi connectivity index (χ3v) is 6.13. The van der Waals surface area contributed by atoms with E-state index in [4.69, 9.17) is 21.6 Å². The Morgan fingerprint density at radius 2 is 1.96 bits per heavy atom. The molecule has 0 aromatic carbocycles. The minimum atomic E-state index is 0.629. The Kier molecular flexibility index (Phi) is 4.52. The van der Waals surface area contributed by atoms with Crippen LogP contribution >= 0.6 is 23.4 Å². The number of hydrogen-bond donors (Lipinski definition) is 1. The average Bonchev–Trinajstić information content (AvgIpc) is 3.36. The van der Waals surface area contributed by atoms with Crippen LogP contribution in [0.5, 0.6) is 0 Å². The lowest BCUT2D eigenvalue weighted by molar-refractivity contribution is 0.895. The van der Waals surface area contributed by atoms with E-state index in [2.05, 4.69) is 31.8 Å². The summed E-state index contributed by atoms with van der Waals surface area (Å²) in [6.07, 6.45) is 8.25. The summed E-state index contributed by atoms with van der Waals surface area (Å²) >= 11 is 8.12. The number of rotatable bonds is 4. The summed E-state index contributed by atoms with van der Waals surface area (Å²) in [5.41, 5.74) is 3.17. The molecule has 142 valence electrons. The largest absolute Gasteiger partial charge is 0.356 e. The molecule has 0 spiro atoms. The number of aryl methyl sites for hydroxylation is 1. The van der Waals surface area contributed by atoms with Gasteiger partial charge in [0.1, 0.15) is 17.0 Å². The number of anilines is 1. The standard InChI is InChI=1S/C19H18ClN7S/c1-2-12-15(20)14-17(24-12)25-19(26-18(14)27-7-3-4-8-27)28-11-9-13-16(23-10-11)22-6-5-21-13/h5-6,9-10H,2-4,7-8H2,1H3,(H,24,25,26).